The quantitative estimate of drug-likeness (QED) is 0.680. The highest BCUT2D eigenvalue weighted by Gasteiger charge is 2.38. The van der Waals surface area contributed by atoms with Gasteiger partial charge in [-0.2, -0.15) is 0 Å². The van der Waals surface area contributed by atoms with Crippen molar-refractivity contribution in [1.29, 1.82) is 0 Å². The maximum Gasteiger partial charge on any atom is 0.0683 e. The van der Waals surface area contributed by atoms with E-state index in [2.05, 4.69) is 13.8 Å². The van der Waals surface area contributed by atoms with Gasteiger partial charge in [0.15, 0.2) is 0 Å². The van der Waals surface area contributed by atoms with Crippen molar-refractivity contribution in [3.8, 4) is 0 Å². The molecule has 1 heteroatoms. The highest BCUT2D eigenvalue weighted by molar-refractivity contribution is 4.90. The molecular weight excluding hydrogens is 196 g/mol. The molecule has 2 rings (SSSR count). The van der Waals surface area contributed by atoms with Crippen LogP contribution in [0.3, 0.4) is 0 Å². The first kappa shape index (κ1) is 12.4. The van der Waals surface area contributed by atoms with Gasteiger partial charge in [0.2, 0.25) is 0 Å². The molecule has 1 nitrogen and oxygen atoms in total. The SMILES string of the molecule is CC(C)CCCC1CCC2(CCCO2)CC1. The van der Waals surface area contributed by atoms with Crippen LogP contribution in [-0.2, 0) is 4.74 Å². The molecule has 1 saturated carbocycles. The molecule has 0 radical (unpaired) electrons. The first-order chi connectivity index (χ1) is 7.70. The van der Waals surface area contributed by atoms with Crippen LogP contribution in [0.4, 0.5) is 0 Å². The molecule has 0 amide bonds. The number of rotatable bonds is 4. The van der Waals surface area contributed by atoms with Gasteiger partial charge < -0.3 is 4.74 Å². The Hall–Kier alpha value is -0.0400. The van der Waals surface area contributed by atoms with Crippen LogP contribution in [0.5, 0.6) is 0 Å². The van der Waals surface area contributed by atoms with Crippen LogP contribution in [0.2, 0.25) is 0 Å². The monoisotopic (exact) mass is 224 g/mol. The number of ether oxygens (including phenoxy) is 1. The van der Waals surface area contributed by atoms with E-state index in [1.807, 2.05) is 0 Å². The standard InChI is InChI=1S/C15H28O/c1-13(2)5-3-6-14-7-10-15(11-8-14)9-4-12-16-15/h13-14H,3-12H2,1-2H3. The van der Waals surface area contributed by atoms with Gasteiger partial charge in [0.25, 0.3) is 0 Å². The van der Waals surface area contributed by atoms with Gasteiger partial charge in [0, 0.05) is 6.61 Å². The van der Waals surface area contributed by atoms with Crippen LogP contribution in [0, 0.1) is 11.8 Å². The van der Waals surface area contributed by atoms with E-state index in [9.17, 15) is 0 Å². The van der Waals surface area contributed by atoms with Crippen molar-refractivity contribution in [2.24, 2.45) is 11.8 Å². The molecule has 1 heterocycles. The smallest absolute Gasteiger partial charge is 0.0683 e. The first-order valence-electron chi connectivity index (χ1n) is 7.34. The van der Waals surface area contributed by atoms with Gasteiger partial charge in [-0.3, -0.25) is 0 Å². The van der Waals surface area contributed by atoms with Gasteiger partial charge in [-0.1, -0.05) is 33.1 Å². The molecule has 94 valence electrons. The van der Waals surface area contributed by atoms with Gasteiger partial charge in [0.05, 0.1) is 5.60 Å². The summed E-state index contributed by atoms with van der Waals surface area (Å²) in [6.07, 6.45) is 12.5. The molecule has 2 fully saturated rings. The lowest BCUT2D eigenvalue weighted by Crippen LogP contribution is -2.33. The molecule has 1 aliphatic carbocycles. The van der Waals surface area contributed by atoms with Crippen LogP contribution >= 0.6 is 0 Å². The average molecular weight is 224 g/mol. The first-order valence-corrected chi connectivity index (χ1v) is 7.34. The van der Waals surface area contributed by atoms with Crippen LogP contribution in [0.15, 0.2) is 0 Å². The Bertz CT molecular complexity index is 193. The largest absolute Gasteiger partial charge is 0.375 e. The maximum absolute atomic E-state index is 5.97. The van der Waals surface area contributed by atoms with Gasteiger partial charge >= 0.3 is 0 Å². The van der Waals surface area contributed by atoms with Crippen molar-refractivity contribution in [3.63, 3.8) is 0 Å². The van der Waals surface area contributed by atoms with Crippen molar-refractivity contribution >= 4 is 0 Å². The van der Waals surface area contributed by atoms with E-state index in [1.54, 1.807) is 0 Å². The fraction of sp³-hybridized carbons (Fsp3) is 1.00. The third-order valence-corrected chi connectivity index (χ3v) is 4.60. The molecule has 0 bridgehead atoms. The second-order valence-electron chi connectivity index (χ2n) is 6.40. The lowest BCUT2D eigenvalue weighted by molar-refractivity contribution is -0.0356. The fourth-order valence-electron chi connectivity index (χ4n) is 3.46. The molecular formula is C15H28O. The van der Waals surface area contributed by atoms with Crippen molar-refractivity contribution in [1.82, 2.24) is 0 Å². The van der Waals surface area contributed by atoms with E-state index >= 15 is 0 Å². The van der Waals surface area contributed by atoms with Crippen molar-refractivity contribution < 1.29 is 4.74 Å². The summed E-state index contributed by atoms with van der Waals surface area (Å²) in [5.41, 5.74) is 0.342. The summed E-state index contributed by atoms with van der Waals surface area (Å²) in [4.78, 5) is 0. The van der Waals surface area contributed by atoms with Crippen LogP contribution in [0.1, 0.15) is 71.6 Å². The second kappa shape index (κ2) is 5.53. The van der Waals surface area contributed by atoms with Gasteiger partial charge in [0.1, 0.15) is 0 Å². The van der Waals surface area contributed by atoms with E-state index in [0.29, 0.717) is 5.60 Å². The second-order valence-corrected chi connectivity index (χ2v) is 6.40. The Morgan fingerprint density at radius 3 is 2.50 bits per heavy atom. The van der Waals surface area contributed by atoms with Gasteiger partial charge in [-0.15, -0.1) is 0 Å². The van der Waals surface area contributed by atoms with E-state index in [4.69, 9.17) is 4.74 Å². The Morgan fingerprint density at radius 1 is 1.19 bits per heavy atom. The Kier molecular flexibility index (Phi) is 4.29. The molecule has 0 aromatic rings. The number of hydrogen-bond acceptors (Lipinski definition) is 1. The molecule has 1 aliphatic heterocycles. The Morgan fingerprint density at radius 2 is 1.94 bits per heavy atom. The molecule has 16 heavy (non-hydrogen) atoms. The van der Waals surface area contributed by atoms with Crippen molar-refractivity contribution in [2.75, 3.05) is 6.61 Å². The molecule has 1 saturated heterocycles. The van der Waals surface area contributed by atoms with E-state index < -0.39 is 0 Å². The molecule has 0 N–H and O–H groups in total. The summed E-state index contributed by atoms with van der Waals surface area (Å²) in [6.45, 7) is 5.70. The molecule has 0 atom stereocenters. The van der Waals surface area contributed by atoms with E-state index in [0.717, 1.165) is 18.4 Å². The van der Waals surface area contributed by atoms with Crippen LogP contribution < -0.4 is 0 Å². The van der Waals surface area contributed by atoms with Crippen LogP contribution in [0.25, 0.3) is 0 Å². The van der Waals surface area contributed by atoms with E-state index in [1.165, 1.54) is 57.8 Å². The maximum atomic E-state index is 5.97. The van der Waals surface area contributed by atoms with Crippen molar-refractivity contribution in [3.05, 3.63) is 0 Å². The zero-order valence-corrected chi connectivity index (χ0v) is 11.1. The molecule has 2 aliphatic rings. The minimum Gasteiger partial charge on any atom is -0.375 e. The molecule has 1 spiro atoms. The molecule has 0 unspecified atom stereocenters. The average Bonchev–Trinajstić information content (AvgIpc) is 2.70. The zero-order valence-electron chi connectivity index (χ0n) is 11.1. The summed E-state index contributed by atoms with van der Waals surface area (Å²) >= 11 is 0. The summed E-state index contributed by atoms with van der Waals surface area (Å²) in [5, 5.41) is 0. The summed E-state index contributed by atoms with van der Waals surface area (Å²) in [5.74, 6) is 1.89. The minimum absolute atomic E-state index is 0.342. The topological polar surface area (TPSA) is 9.23 Å². The third kappa shape index (κ3) is 3.23. The zero-order chi connectivity index (χ0) is 11.4. The predicted molar refractivity (Wildman–Crippen MR) is 68.6 cm³/mol. The van der Waals surface area contributed by atoms with Gasteiger partial charge in [-0.25, -0.2) is 0 Å². The fourth-order valence-corrected chi connectivity index (χ4v) is 3.46. The molecule has 0 aromatic heterocycles. The summed E-state index contributed by atoms with van der Waals surface area (Å²) in [7, 11) is 0. The highest BCUT2D eigenvalue weighted by atomic mass is 16.5. The normalized spacial score (nSPS) is 35.1. The summed E-state index contributed by atoms with van der Waals surface area (Å²) in [6, 6.07) is 0. The third-order valence-electron chi connectivity index (χ3n) is 4.60. The van der Waals surface area contributed by atoms with Crippen molar-refractivity contribution in [2.45, 2.75) is 77.2 Å². The minimum atomic E-state index is 0.342. The lowest BCUT2D eigenvalue weighted by atomic mass is 9.75. The van der Waals surface area contributed by atoms with E-state index in [-0.39, 0.29) is 0 Å². The van der Waals surface area contributed by atoms with Crippen LogP contribution in [-0.4, -0.2) is 12.2 Å². The van der Waals surface area contributed by atoms with Gasteiger partial charge in [-0.05, 0) is 50.4 Å². The molecule has 0 aromatic carbocycles. The predicted octanol–water partition coefficient (Wildman–Crippen LogP) is 4.55. The Labute approximate surface area is 101 Å². The summed E-state index contributed by atoms with van der Waals surface area (Å²) < 4.78 is 5.97. The highest BCUT2D eigenvalue weighted by Crippen LogP contribution is 2.42. The lowest BCUT2D eigenvalue weighted by Gasteiger charge is -2.36. The Balaban J connectivity index is 1.65. The number of hydrogen-bond donors (Lipinski definition) is 0.